The Morgan fingerprint density at radius 1 is 1.30 bits per heavy atom. The lowest BCUT2D eigenvalue weighted by Crippen LogP contribution is -2.30. The fourth-order valence-corrected chi connectivity index (χ4v) is 2.15. The number of hydrogen-bond acceptors (Lipinski definition) is 4. The van der Waals surface area contributed by atoms with Gasteiger partial charge in [-0.15, -0.1) is 0 Å². The van der Waals surface area contributed by atoms with E-state index < -0.39 is 11.2 Å². The number of nitrogens with one attached hydrogen (secondary N) is 2. The predicted molar refractivity (Wildman–Crippen MR) is 73.5 cm³/mol. The number of hydrogen-bond donors (Lipinski definition) is 2. The van der Waals surface area contributed by atoms with E-state index in [-0.39, 0.29) is 0 Å². The molecular weight excluding hydrogens is 260 g/mol. The van der Waals surface area contributed by atoms with Crippen LogP contribution in [0, 0.1) is 0 Å². The largest absolute Gasteiger partial charge is 0.332 e. The van der Waals surface area contributed by atoms with Crippen molar-refractivity contribution in [3.05, 3.63) is 33.2 Å². The molecule has 0 fully saturated rings. The monoisotopic (exact) mass is 274 g/mol. The molecule has 104 valence electrons. The van der Waals surface area contributed by atoms with Crippen LogP contribution in [0.2, 0.25) is 0 Å². The lowest BCUT2D eigenvalue weighted by atomic mass is 10.3. The summed E-state index contributed by atoms with van der Waals surface area (Å²) in [6.07, 6.45) is 4.21. The van der Waals surface area contributed by atoms with E-state index in [1.807, 2.05) is 6.92 Å². The molecule has 3 rings (SSSR count). The van der Waals surface area contributed by atoms with E-state index in [0.717, 1.165) is 12.0 Å². The lowest BCUT2D eigenvalue weighted by Gasteiger charge is -2.02. The van der Waals surface area contributed by atoms with Crippen LogP contribution in [0.15, 0.2) is 22.0 Å². The van der Waals surface area contributed by atoms with Crippen LogP contribution in [-0.2, 0) is 13.6 Å². The second-order valence-electron chi connectivity index (χ2n) is 4.60. The Bertz CT molecular complexity index is 881. The first-order chi connectivity index (χ1) is 9.60. The topological polar surface area (TPSA) is 101 Å². The van der Waals surface area contributed by atoms with Crippen LogP contribution in [0.1, 0.15) is 13.3 Å². The van der Waals surface area contributed by atoms with Crippen LogP contribution in [0.25, 0.3) is 22.6 Å². The van der Waals surface area contributed by atoms with Crippen LogP contribution in [0.4, 0.5) is 0 Å². The highest BCUT2D eigenvalue weighted by Gasteiger charge is 2.14. The Kier molecular flexibility index (Phi) is 2.78. The maximum atomic E-state index is 11.8. The van der Waals surface area contributed by atoms with E-state index in [4.69, 9.17) is 0 Å². The second-order valence-corrected chi connectivity index (χ2v) is 4.60. The third-order valence-electron chi connectivity index (χ3n) is 3.06. The molecule has 0 aliphatic carbocycles. The molecule has 3 aromatic heterocycles. The van der Waals surface area contributed by atoms with Gasteiger partial charge in [0.05, 0.1) is 11.8 Å². The van der Waals surface area contributed by atoms with Crippen molar-refractivity contribution in [3.63, 3.8) is 0 Å². The smallest absolute Gasteiger partial charge is 0.330 e. The molecule has 0 aliphatic heterocycles. The molecular formula is C12H14N6O2. The van der Waals surface area contributed by atoms with E-state index in [1.165, 1.54) is 4.57 Å². The molecule has 0 radical (unpaired) electrons. The summed E-state index contributed by atoms with van der Waals surface area (Å²) in [5.41, 5.74) is 0.545. The molecule has 0 bridgehead atoms. The minimum atomic E-state index is -0.458. The molecule has 0 saturated heterocycles. The number of H-pyrrole nitrogens is 2. The van der Waals surface area contributed by atoms with Crippen LogP contribution in [0.5, 0.6) is 0 Å². The molecule has 0 saturated carbocycles. The van der Waals surface area contributed by atoms with Crippen molar-refractivity contribution in [1.29, 1.82) is 0 Å². The van der Waals surface area contributed by atoms with Crippen molar-refractivity contribution in [2.24, 2.45) is 7.05 Å². The minimum Gasteiger partial charge on any atom is -0.332 e. The van der Waals surface area contributed by atoms with Gasteiger partial charge in [-0.1, -0.05) is 6.92 Å². The molecule has 0 spiro atoms. The average Bonchev–Trinajstić information content (AvgIpc) is 3.00. The molecule has 0 aromatic carbocycles. The van der Waals surface area contributed by atoms with E-state index in [0.29, 0.717) is 23.5 Å². The summed E-state index contributed by atoms with van der Waals surface area (Å²) >= 11 is 0. The number of aromatic amines is 2. The predicted octanol–water partition coefficient (Wildman–Crippen LogP) is 0.223. The van der Waals surface area contributed by atoms with Gasteiger partial charge in [-0.05, 0) is 6.42 Å². The van der Waals surface area contributed by atoms with Crippen LogP contribution >= 0.6 is 0 Å². The molecule has 0 atom stereocenters. The summed E-state index contributed by atoms with van der Waals surface area (Å²) in [6, 6.07) is 0. The molecule has 0 amide bonds. The van der Waals surface area contributed by atoms with Crippen LogP contribution in [-0.4, -0.2) is 29.3 Å². The number of aromatic nitrogens is 6. The highest BCUT2D eigenvalue weighted by molar-refractivity contribution is 5.74. The van der Waals surface area contributed by atoms with Crippen molar-refractivity contribution in [3.8, 4) is 11.4 Å². The quantitative estimate of drug-likeness (QED) is 0.713. The second kappa shape index (κ2) is 4.48. The lowest BCUT2D eigenvalue weighted by molar-refractivity contribution is 0.653. The molecule has 8 nitrogen and oxygen atoms in total. The fraction of sp³-hybridized carbons (Fsp3) is 0.333. The van der Waals surface area contributed by atoms with Crippen molar-refractivity contribution in [1.82, 2.24) is 29.3 Å². The van der Waals surface area contributed by atoms with Crippen molar-refractivity contribution in [2.45, 2.75) is 19.9 Å². The van der Waals surface area contributed by atoms with Gasteiger partial charge in [0, 0.05) is 19.8 Å². The Labute approximate surface area is 113 Å². The van der Waals surface area contributed by atoms with Gasteiger partial charge in [0.25, 0.3) is 5.56 Å². The number of aryl methyl sites for hydroxylation is 2. The van der Waals surface area contributed by atoms with Gasteiger partial charge in [-0.25, -0.2) is 9.78 Å². The first kappa shape index (κ1) is 12.4. The molecule has 3 aromatic rings. The highest BCUT2D eigenvalue weighted by Crippen LogP contribution is 2.16. The van der Waals surface area contributed by atoms with Gasteiger partial charge in [0.15, 0.2) is 5.65 Å². The minimum absolute atomic E-state index is 0.303. The van der Waals surface area contributed by atoms with E-state index in [9.17, 15) is 9.59 Å². The maximum absolute atomic E-state index is 11.8. The maximum Gasteiger partial charge on any atom is 0.330 e. The van der Waals surface area contributed by atoms with Gasteiger partial charge in [0.1, 0.15) is 11.3 Å². The first-order valence-electron chi connectivity index (χ1n) is 6.32. The zero-order valence-corrected chi connectivity index (χ0v) is 11.2. The average molecular weight is 274 g/mol. The van der Waals surface area contributed by atoms with Gasteiger partial charge in [0.2, 0.25) is 0 Å². The summed E-state index contributed by atoms with van der Waals surface area (Å²) in [4.78, 5) is 33.3. The van der Waals surface area contributed by atoms with Crippen molar-refractivity contribution in [2.75, 3.05) is 0 Å². The molecule has 8 heteroatoms. The fourth-order valence-electron chi connectivity index (χ4n) is 2.15. The first-order valence-corrected chi connectivity index (χ1v) is 6.32. The Balaban J connectivity index is 2.29. The standard InChI is InChI=1S/C12H14N6O2/c1-3-4-18-10-8(11(19)16-12(18)20)14-9(15-10)7-5-13-17(2)6-7/h5-6H,3-4H2,1-2H3,(H,14,15)(H,16,19,20). The van der Waals surface area contributed by atoms with E-state index >= 15 is 0 Å². The van der Waals surface area contributed by atoms with Crippen LogP contribution < -0.4 is 11.2 Å². The van der Waals surface area contributed by atoms with E-state index in [1.54, 1.807) is 24.1 Å². The number of imidazole rings is 1. The number of rotatable bonds is 3. The third-order valence-corrected chi connectivity index (χ3v) is 3.06. The molecule has 0 aliphatic rings. The summed E-state index contributed by atoms with van der Waals surface area (Å²) in [7, 11) is 1.80. The van der Waals surface area contributed by atoms with E-state index in [2.05, 4.69) is 20.1 Å². The number of nitrogens with zero attached hydrogens (tertiary/aromatic N) is 4. The third kappa shape index (κ3) is 1.85. The summed E-state index contributed by atoms with van der Waals surface area (Å²) < 4.78 is 3.11. The zero-order chi connectivity index (χ0) is 14.3. The SMILES string of the molecule is CCCn1c(=O)[nH]c(=O)c2[nH]c(-c3cnn(C)c3)nc21. The molecule has 3 heterocycles. The van der Waals surface area contributed by atoms with Gasteiger partial charge in [-0.2, -0.15) is 5.10 Å². The molecule has 2 N–H and O–H groups in total. The number of fused-ring (bicyclic) bond motifs is 1. The Hall–Kier alpha value is -2.64. The Morgan fingerprint density at radius 3 is 2.75 bits per heavy atom. The zero-order valence-electron chi connectivity index (χ0n) is 11.2. The summed E-state index contributed by atoms with van der Waals surface area (Å²) in [6.45, 7) is 2.46. The van der Waals surface area contributed by atoms with Gasteiger partial charge in [-0.3, -0.25) is 19.0 Å². The highest BCUT2D eigenvalue weighted by atomic mass is 16.2. The van der Waals surface area contributed by atoms with Gasteiger partial charge < -0.3 is 4.98 Å². The van der Waals surface area contributed by atoms with Gasteiger partial charge >= 0.3 is 5.69 Å². The van der Waals surface area contributed by atoms with Crippen molar-refractivity contribution < 1.29 is 0 Å². The van der Waals surface area contributed by atoms with Crippen molar-refractivity contribution >= 4 is 11.2 Å². The Morgan fingerprint density at radius 2 is 2.10 bits per heavy atom. The summed E-state index contributed by atoms with van der Waals surface area (Å²) in [5.74, 6) is 0.522. The molecule has 20 heavy (non-hydrogen) atoms. The summed E-state index contributed by atoms with van der Waals surface area (Å²) in [5, 5.41) is 4.06. The normalized spacial score (nSPS) is 11.3. The molecule has 0 unspecified atom stereocenters. The van der Waals surface area contributed by atoms with Crippen LogP contribution in [0.3, 0.4) is 0 Å².